The Morgan fingerprint density at radius 1 is 1.43 bits per heavy atom. The molecule has 0 unspecified atom stereocenters. The fourth-order valence-electron chi connectivity index (χ4n) is 0.948. The summed E-state index contributed by atoms with van der Waals surface area (Å²) in [6.07, 6.45) is 0.912. The summed E-state index contributed by atoms with van der Waals surface area (Å²) >= 11 is 3.29. The third-order valence-corrected chi connectivity index (χ3v) is 2.98. The van der Waals surface area contributed by atoms with Gasteiger partial charge in [0.15, 0.2) is 0 Å². The van der Waals surface area contributed by atoms with Crippen LogP contribution in [0.3, 0.4) is 0 Å². The summed E-state index contributed by atoms with van der Waals surface area (Å²) in [5.74, 6) is 0.881. The first-order valence-corrected chi connectivity index (χ1v) is 5.42. The number of hydrogen-bond donors (Lipinski definition) is 1. The Bertz CT molecular complexity index is 321. The van der Waals surface area contributed by atoms with Crippen LogP contribution in [0.1, 0.15) is 27.2 Å². The smallest absolute Gasteiger partial charge is 0.138 e. The van der Waals surface area contributed by atoms with Gasteiger partial charge in [0, 0.05) is 0 Å². The zero-order chi connectivity index (χ0) is 10.8. The van der Waals surface area contributed by atoms with Gasteiger partial charge >= 0.3 is 0 Å². The molecule has 3 heteroatoms. The van der Waals surface area contributed by atoms with Crippen LogP contribution in [0.4, 0.5) is 0 Å². The van der Waals surface area contributed by atoms with E-state index in [9.17, 15) is 5.11 Å². The van der Waals surface area contributed by atoms with Crippen molar-refractivity contribution in [2.75, 3.05) is 0 Å². The molecule has 14 heavy (non-hydrogen) atoms. The van der Waals surface area contributed by atoms with Crippen molar-refractivity contribution in [2.24, 2.45) is 0 Å². The van der Waals surface area contributed by atoms with Crippen molar-refractivity contribution in [1.82, 2.24) is 0 Å². The highest BCUT2D eigenvalue weighted by Crippen LogP contribution is 2.35. The van der Waals surface area contributed by atoms with Crippen LogP contribution in [0.25, 0.3) is 0 Å². The topological polar surface area (TPSA) is 29.5 Å². The predicted octanol–water partition coefficient (Wildman–Crippen LogP) is 3.72. The number of rotatable bonds is 3. The van der Waals surface area contributed by atoms with E-state index in [-0.39, 0.29) is 11.4 Å². The lowest BCUT2D eigenvalue weighted by atomic mass is 10.1. The van der Waals surface area contributed by atoms with Crippen molar-refractivity contribution >= 4 is 15.9 Å². The van der Waals surface area contributed by atoms with Crippen molar-refractivity contribution in [3.8, 4) is 11.5 Å². The molecule has 0 bridgehead atoms. The maximum absolute atomic E-state index is 9.44. The molecule has 1 aromatic rings. The average Bonchev–Trinajstić information content (AvgIpc) is 2.13. The molecule has 0 heterocycles. The molecule has 1 aromatic carbocycles. The molecule has 0 amide bonds. The first-order valence-electron chi connectivity index (χ1n) is 4.63. The van der Waals surface area contributed by atoms with Crippen molar-refractivity contribution in [2.45, 2.75) is 32.8 Å². The van der Waals surface area contributed by atoms with Crippen LogP contribution >= 0.6 is 15.9 Å². The van der Waals surface area contributed by atoms with Gasteiger partial charge < -0.3 is 9.84 Å². The number of ether oxygens (including phenoxy) is 1. The summed E-state index contributed by atoms with van der Waals surface area (Å²) in [5, 5.41) is 9.44. The zero-order valence-electron chi connectivity index (χ0n) is 8.67. The Hall–Kier alpha value is -0.700. The van der Waals surface area contributed by atoms with E-state index in [0.29, 0.717) is 10.2 Å². The van der Waals surface area contributed by atoms with Gasteiger partial charge in [-0.05, 0) is 48.3 Å². The van der Waals surface area contributed by atoms with Crippen molar-refractivity contribution in [3.05, 3.63) is 22.7 Å². The van der Waals surface area contributed by atoms with E-state index in [1.54, 1.807) is 12.1 Å². The Kier molecular flexibility index (Phi) is 3.43. The Morgan fingerprint density at radius 2 is 2.07 bits per heavy atom. The highest BCUT2D eigenvalue weighted by Gasteiger charge is 2.18. The van der Waals surface area contributed by atoms with Crippen LogP contribution in [0.2, 0.25) is 0 Å². The maximum Gasteiger partial charge on any atom is 0.138 e. The molecule has 78 valence electrons. The SMILES string of the molecule is CCC(C)(C)Oc1cccc(O)c1Br. The van der Waals surface area contributed by atoms with Crippen molar-refractivity contribution < 1.29 is 9.84 Å². The second-order valence-corrected chi connectivity index (χ2v) is 4.60. The maximum atomic E-state index is 9.44. The monoisotopic (exact) mass is 258 g/mol. The molecule has 1 rings (SSSR count). The quantitative estimate of drug-likeness (QED) is 0.896. The molecule has 2 nitrogen and oxygen atoms in total. The van der Waals surface area contributed by atoms with Crippen molar-refractivity contribution in [1.29, 1.82) is 0 Å². The fraction of sp³-hybridized carbons (Fsp3) is 0.455. The molecule has 1 N–H and O–H groups in total. The number of aromatic hydroxyl groups is 1. The molecule has 0 saturated carbocycles. The van der Waals surface area contributed by atoms with E-state index in [1.807, 2.05) is 19.9 Å². The molecular formula is C11H15BrO2. The second-order valence-electron chi connectivity index (χ2n) is 3.80. The van der Waals surface area contributed by atoms with E-state index < -0.39 is 0 Å². The van der Waals surface area contributed by atoms with Gasteiger partial charge in [-0.25, -0.2) is 0 Å². The number of benzene rings is 1. The molecule has 0 aliphatic carbocycles. The first kappa shape index (κ1) is 11.4. The third kappa shape index (κ3) is 2.64. The molecule has 0 saturated heterocycles. The van der Waals surface area contributed by atoms with Gasteiger partial charge in [-0.3, -0.25) is 0 Å². The largest absolute Gasteiger partial charge is 0.507 e. The molecule has 0 aliphatic rings. The molecule has 0 spiro atoms. The minimum atomic E-state index is -0.212. The molecular weight excluding hydrogens is 244 g/mol. The Morgan fingerprint density at radius 3 is 2.64 bits per heavy atom. The predicted molar refractivity (Wildman–Crippen MR) is 60.8 cm³/mol. The van der Waals surface area contributed by atoms with E-state index in [4.69, 9.17) is 4.74 Å². The van der Waals surface area contributed by atoms with Gasteiger partial charge in [-0.1, -0.05) is 13.0 Å². The van der Waals surface area contributed by atoms with Crippen LogP contribution in [0, 0.1) is 0 Å². The van der Waals surface area contributed by atoms with E-state index in [2.05, 4.69) is 22.9 Å². The standard InChI is InChI=1S/C11H15BrO2/c1-4-11(2,3)14-9-7-5-6-8(13)10(9)12/h5-7,13H,4H2,1-3H3. The average molecular weight is 259 g/mol. The summed E-state index contributed by atoms with van der Waals surface area (Å²) in [4.78, 5) is 0. The lowest BCUT2D eigenvalue weighted by Crippen LogP contribution is -2.26. The summed E-state index contributed by atoms with van der Waals surface area (Å²) in [5.41, 5.74) is -0.212. The van der Waals surface area contributed by atoms with Gasteiger partial charge in [0.1, 0.15) is 21.6 Å². The van der Waals surface area contributed by atoms with E-state index >= 15 is 0 Å². The van der Waals surface area contributed by atoms with Crippen LogP contribution < -0.4 is 4.74 Å². The van der Waals surface area contributed by atoms with Gasteiger partial charge in [0.25, 0.3) is 0 Å². The lowest BCUT2D eigenvalue weighted by molar-refractivity contribution is 0.104. The molecule has 0 aliphatic heterocycles. The van der Waals surface area contributed by atoms with E-state index in [1.165, 1.54) is 0 Å². The molecule has 0 radical (unpaired) electrons. The van der Waals surface area contributed by atoms with Crippen LogP contribution in [-0.2, 0) is 0 Å². The highest BCUT2D eigenvalue weighted by molar-refractivity contribution is 9.10. The molecule has 0 aromatic heterocycles. The van der Waals surface area contributed by atoms with Gasteiger partial charge in [0.05, 0.1) is 0 Å². The number of phenols is 1. The summed E-state index contributed by atoms with van der Waals surface area (Å²) in [6.45, 7) is 6.10. The molecule has 0 atom stereocenters. The summed E-state index contributed by atoms with van der Waals surface area (Å²) < 4.78 is 6.37. The molecule has 0 fully saturated rings. The Balaban J connectivity index is 2.92. The van der Waals surface area contributed by atoms with Crippen LogP contribution in [0.15, 0.2) is 22.7 Å². The minimum Gasteiger partial charge on any atom is -0.507 e. The van der Waals surface area contributed by atoms with Crippen LogP contribution in [0.5, 0.6) is 11.5 Å². The second kappa shape index (κ2) is 4.22. The summed E-state index contributed by atoms with van der Waals surface area (Å²) in [6, 6.07) is 5.22. The van der Waals surface area contributed by atoms with E-state index in [0.717, 1.165) is 6.42 Å². The van der Waals surface area contributed by atoms with Gasteiger partial charge in [-0.15, -0.1) is 0 Å². The normalized spacial score (nSPS) is 11.4. The highest BCUT2D eigenvalue weighted by atomic mass is 79.9. The summed E-state index contributed by atoms with van der Waals surface area (Å²) in [7, 11) is 0. The fourth-order valence-corrected chi connectivity index (χ4v) is 1.29. The van der Waals surface area contributed by atoms with Crippen LogP contribution in [-0.4, -0.2) is 10.7 Å². The number of phenolic OH excluding ortho intramolecular Hbond substituents is 1. The number of hydrogen-bond acceptors (Lipinski definition) is 2. The van der Waals surface area contributed by atoms with Gasteiger partial charge in [-0.2, -0.15) is 0 Å². The zero-order valence-corrected chi connectivity index (χ0v) is 10.3. The third-order valence-electron chi connectivity index (χ3n) is 2.18. The first-order chi connectivity index (χ1) is 6.46. The van der Waals surface area contributed by atoms with Crippen molar-refractivity contribution in [3.63, 3.8) is 0 Å². The van der Waals surface area contributed by atoms with Gasteiger partial charge in [0.2, 0.25) is 0 Å². The lowest BCUT2D eigenvalue weighted by Gasteiger charge is -2.25. The minimum absolute atomic E-state index is 0.203. The number of halogens is 1. The Labute approximate surface area is 93.0 Å².